The molecule has 1 aliphatic carbocycles. The van der Waals surface area contributed by atoms with E-state index in [-0.39, 0.29) is 17.5 Å². The Bertz CT molecular complexity index is 975. The van der Waals surface area contributed by atoms with Crippen molar-refractivity contribution in [1.29, 1.82) is 0 Å². The van der Waals surface area contributed by atoms with Crippen molar-refractivity contribution < 1.29 is 4.79 Å². The van der Waals surface area contributed by atoms with Gasteiger partial charge in [-0.1, -0.05) is 42.5 Å². The van der Waals surface area contributed by atoms with E-state index in [0.717, 1.165) is 24.6 Å². The van der Waals surface area contributed by atoms with Crippen molar-refractivity contribution in [2.45, 2.75) is 25.3 Å². The molecule has 1 unspecified atom stereocenters. The smallest absolute Gasteiger partial charge is 0.268 e. The van der Waals surface area contributed by atoms with Gasteiger partial charge in [0.25, 0.3) is 11.5 Å². The van der Waals surface area contributed by atoms with Crippen LogP contribution in [0.25, 0.3) is 10.8 Å². The van der Waals surface area contributed by atoms with E-state index in [1.54, 1.807) is 12.1 Å². The number of H-pyrrole nitrogens is 1. The van der Waals surface area contributed by atoms with Gasteiger partial charge in [-0.05, 0) is 47.9 Å². The number of pyridine rings is 1. The molecule has 4 nitrogen and oxygen atoms in total. The summed E-state index contributed by atoms with van der Waals surface area (Å²) in [5, 5.41) is 4.44. The molecule has 2 aromatic carbocycles. The maximum atomic E-state index is 12.6. The lowest BCUT2D eigenvalue weighted by Crippen LogP contribution is -2.32. The quantitative estimate of drug-likeness (QED) is 0.761. The zero-order chi connectivity index (χ0) is 16.5. The van der Waals surface area contributed by atoms with E-state index < -0.39 is 0 Å². The van der Waals surface area contributed by atoms with Gasteiger partial charge in [0.2, 0.25) is 0 Å². The average Bonchev–Trinajstić information content (AvgIpc) is 2.62. The number of nitrogens with one attached hydrogen (secondary N) is 2. The largest absolute Gasteiger partial charge is 0.344 e. The zero-order valence-corrected chi connectivity index (χ0v) is 13.2. The molecule has 3 aromatic rings. The Kier molecular flexibility index (Phi) is 3.65. The predicted octanol–water partition coefficient (Wildman–Crippen LogP) is 3.34. The van der Waals surface area contributed by atoms with Crippen LogP contribution in [0.1, 0.15) is 40.5 Å². The fourth-order valence-corrected chi connectivity index (χ4v) is 3.47. The number of carbonyl (C=O) groups is 1. The van der Waals surface area contributed by atoms with E-state index in [1.807, 2.05) is 30.3 Å². The molecule has 1 atom stereocenters. The maximum absolute atomic E-state index is 12.6. The molecule has 24 heavy (non-hydrogen) atoms. The second kappa shape index (κ2) is 5.96. The van der Waals surface area contributed by atoms with Crippen LogP contribution in [0.2, 0.25) is 0 Å². The van der Waals surface area contributed by atoms with E-state index in [0.29, 0.717) is 11.1 Å². The fourth-order valence-electron chi connectivity index (χ4n) is 3.47. The second-order valence-electron chi connectivity index (χ2n) is 6.22. The number of aryl methyl sites for hydroxylation is 1. The van der Waals surface area contributed by atoms with Crippen LogP contribution >= 0.6 is 0 Å². The Balaban J connectivity index is 1.65. The lowest BCUT2D eigenvalue weighted by atomic mass is 9.87. The highest BCUT2D eigenvalue weighted by Crippen LogP contribution is 2.29. The first-order valence-corrected chi connectivity index (χ1v) is 8.23. The van der Waals surface area contributed by atoms with Gasteiger partial charge in [0.1, 0.15) is 5.69 Å². The summed E-state index contributed by atoms with van der Waals surface area (Å²) in [6, 6.07) is 17.2. The van der Waals surface area contributed by atoms with Crippen LogP contribution in [0.5, 0.6) is 0 Å². The van der Waals surface area contributed by atoms with Gasteiger partial charge in [0.15, 0.2) is 0 Å². The van der Waals surface area contributed by atoms with Crippen molar-refractivity contribution in [3.8, 4) is 0 Å². The molecule has 0 saturated heterocycles. The average molecular weight is 318 g/mol. The second-order valence-corrected chi connectivity index (χ2v) is 6.22. The summed E-state index contributed by atoms with van der Waals surface area (Å²) in [7, 11) is 0. The van der Waals surface area contributed by atoms with Gasteiger partial charge in [-0.2, -0.15) is 0 Å². The van der Waals surface area contributed by atoms with Crippen LogP contribution in [-0.2, 0) is 6.42 Å². The highest BCUT2D eigenvalue weighted by molar-refractivity contribution is 5.96. The molecule has 1 aliphatic rings. The van der Waals surface area contributed by atoms with Crippen LogP contribution in [0.15, 0.2) is 59.4 Å². The Morgan fingerprint density at radius 1 is 1.08 bits per heavy atom. The van der Waals surface area contributed by atoms with Crippen molar-refractivity contribution in [1.82, 2.24) is 10.3 Å². The number of rotatable bonds is 2. The summed E-state index contributed by atoms with van der Waals surface area (Å²) < 4.78 is 0. The number of aromatic amines is 1. The van der Waals surface area contributed by atoms with Crippen molar-refractivity contribution >= 4 is 16.7 Å². The number of hydrogen-bond acceptors (Lipinski definition) is 2. The lowest BCUT2D eigenvalue weighted by molar-refractivity contribution is 0.0927. The molecular formula is C20H18N2O2. The minimum atomic E-state index is -0.237. The minimum Gasteiger partial charge on any atom is -0.344 e. The standard InChI is InChI=1S/C20H18N2O2/c23-19-16-10-4-2-7-14(16)12-18(22-19)20(24)21-17-11-5-8-13-6-1-3-9-15(13)17/h1-4,6-7,9-10,12,17H,5,8,11H2,(H,21,24)(H,22,23). The first-order valence-electron chi connectivity index (χ1n) is 8.23. The van der Waals surface area contributed by atoms with Gasteiger partial charge < -0.3 is 10.3 Å². The summed E-state index contributed by atoms with van der Waals surface area (Å²) >= 11 is 0. The molecule has 1 aromatic heterocycles. The number of hydrogen-bond donors (Lipinski definition) is 2. The third kappa shape index (κ3) is 2.60. The number of aromatic nitrogens is 1. The summed E-state index contributed by atoms with van der Waals surface area (Å²) in [5.41, 5.74) is 2.55. The van der Waals surface area contributed by atoms with E-state index in [2.05, 4.69) is 22.4 Å². The van der Waals surface area contributed by atoms with Gasteiger partial charge >= 0.3 is 0 Å². The number of carbonyl (C=O) groups excluding carboxylic acids is 1. The molecule has 0 aliphatic heterocycles. The SMILES string of the molecule is O=C(NC1CCCc2ccccc21)c1cc2ccccc2c(=O)[nH]1. The Morgan fingerprint density at radius 2 is 1.88 bits per heavy atom. The third-order valence-electron chi connectivity index (χ3n) is 4.67. The maximum Gasteiger partial charge on any atom is 0.268 e. The first kappa shape index (κ1) is 14.7. The van der Waals surface area contributed by atoms with Crippen LogP contribution in [0.4, 0.5) is 0 Å². The summed E-state index contributed by atoms with van der Waals surface area (Å²) in [4.78, 5) is 27.5. The number of amides is 1. The highest BCUT2D eigenvalue weighted by atomic mass is 16.2. The van der Waals surface area contributed by atoms with Gasteiger partial charge in [-0.25, -0.2) is 0 Å². The number of fused-ring (bicyclic) bond motifs is 2. The Morgan fingerprint density at radius 3 is 2.79 bits per heavy atom. The molecular weight excluding hydrogens is 300 g/mol. The normalized spacial score (nSPS) is 16.6. The molecule has 4 heteroatoms. The third-order valence-corrected chi connectivity index (χ3v) is 4.67. The van der Waals surface area contributed by atoms with Gasteiger partial charge in [-0.3, -0.25) is 9.59 Å². The molecule has 0 radical (unpaired) electrons. The molecule has 0 spiro atoms. The molecule has 1 amide bonds. The molecule has 2 N–H and O–H groups in total. The van der Waals surface area contributed by atoms with Crippen LogP contribution in [0, 0.1) is 0 Å². The van der Waals surface area contributed by atoms with E-state index in [1.165, 1.54) is 11.1 Å². The lowest BCUT2D eigenvalue weighted by Gasteiger charge is -2.26. The molecule has 0 bridgehead atoms. The predicted molar refractivity (Wildman–Crippen MR) is 94.2 cm³/mol. The topological polar surface area (TPSA) is 62.0 Å². The molecule has 4 rings (SSSR count). The van der Waals surface area contributed by atoms with Gasteiger partial charge in [-0.15, -0.1) is 0 Å². The van der Waals surface area contributed by atoms with Crippen molar-refractivity contribution in [3.05, 3.63) is 81.8 Å². The summed E-state index contributed by atoms with van der Waals surface area (Å²) in [6.45, 7) is 0. The Labute approximate surface area is 139 Å². The molecule has 0 saturated carbocycles. The molecule has 0 fully saturated rings. The zero-order valence-electron chi connectivity index (χ0n) is 13.2. The van der Waals surface area contributed by atoms with Crippen molar-refractivity contribution in [2.75, 3.05) is 0 Å². The van der Waals surface area contributed by atoms with E-state index in [4.69, 9.17) is 0 Å². The van der Waals surface area contributed by atoms with Crippen LogP contribution in [0.3, 0.4) is 0 Å². The fraction of sp³-hybridized carbons (Fsp3) is 0.200. The van der Waals surface area contributed by atoms with E-state index >= 15 is 0 Å². The number of benzene rings is 2. The van der Waals surface area contributed by atoms with Crippen LogP contribution in [-0.4, -0.2) is 10.9 Å². The van der Waals surface area contributed by atoms with Crippen molar-refractivity contribution in [2.24, 2.45) is 0 Å². The first-order chi connectivity index (χ1) is 11.7. The highest BCUT2D eigenvalue weighted by Gasteiger charge is 2.22. The minimum absolute atomic E-state index is 0.00239. The summed E-state index contributed by atoms with van der Waals surface area (Å²) in [5.74, 6) is -0.237. The Hall–Kier alpha value is -2.88. The van der Waals surface area contributed by atoms with E-state index in [9.17, 15) is 9.59 Å². The van der Waals surface area contributed by atoms with Crippen molar-refractivity contribution in [3.63, 3.8) is 0 Å². The summed E-state index contributed by atoms with van der Waals surface area (Å²) in [6.07, 6.45) is 3.02. The monoisotopic (exact) mass is 318 g/mol. The molecule has 120 valence electrons. The molecule has 1 heterocycles. The van der Waals surface area contributed by atoms with Gasteiger partial charge in [0.05, 0.1) is 6.04 Å². The van der Waals surface area contributed by atoms with Crippen LogP contribution < -0.4 is 10.9 Å². The van der Waals surface area contributed by atoms with Gasteiger partial charge in [0, 0.05) is 5.39 Å².